The number of nitrogens with zero attached hydrogens (tertiary/aromatic N) is 2. The number of benzene rings is 3. The third-order valence-corrected chi connectivity index (χ3v) is 5.17. The van der Waals surface area contributed by atoms with E-state index in [1.807, 2.05) is 84.3 Å². The molecule has 2 amide bonds. The highest BCUT2D eigenvalue weighted by Gasteiger charge is 2.14. The zero-order chi connectivity index (χ0) is 23.2. The van der Waals surface area contributed by atoms with Crippen LogP contribution in [-0.2, 0) is 16.1 Å². The average Bonchev–Trinajstić information content (AvgIpc) is 3.16. The van der Waals surface area contributed by atoms with Gasteiger partial charge in [0.25, 0.3) is 5.91 Å². The number of nitriles is 1. The zero-order valence-electron chi connectivity index (χ0n) is 18.1. The van der Waals surface area contributed by atoms with E-state index in [4.69, 9.17) is 0 Å². The van der Waals surface area contributed by atoms with E-state index in [-0.39, 0.29) is 18.0 Å². The van der Waals surface area contributed by atoms with Crippen molar-refractivity contribution in [2.24, 2.45) is 0 Å². The molecule has 6 heteroatoms. The van der Waals surface area contributed by atoms with Crippen LogP contribution in [0.5, 0.6) is 0 Å². The van der Waals surface area contributed by atoms with Crippen LogP contribution in [0, 0.1) is 18.3 Å². The molecular formula is C27H22N4O2. The molecule has 1 heterocycles. The fraction of sp³-hybridized carbons (Fsp3) is 0.0741. The monoisotopic (exact) mass is 434 g/mol. The van der Waals surface area contributed by atoms with Crippen LogP contribution < -0.4 is 10.6 Å². The van der Waals surface area contributed by atoms with Crippen molar-refractivity contribution in [1.29, 1.82) is 5.26 Å². The highest BCUT2D eigenvalue weighted by Crippen LogP contribution is 2.24. The van der Waals surface area contributed by atoms with Gasteiger partial charge in [0, 0.05) is 34.0 Å². The second-order valence-electron chi connectivity index (χ2n) is 7.63. The van der Waals surface area contributed by atoms with Crippen LogP contribution >= 0.6 is 0 Å². The molecule has 1 aromatic heterocycles. The summed E-state index contributed by atoms with van der Waals surface area (Å²) in [6, 6.07) is 26.2. The van der Waals surface area contributed by atoms with Gasteiger partial charge in [-0.1, -0.05) is 54.1 Å². The number of rotatable bonds is 6. The maximum absolute atomic E-state index is 12.7. The maximum Gasteiger partial charge on any atom is 0.266 e. The lowest BCUT2D eigenvalue weighted by atomic mass is 10.1. The summed E-state index contributed by atoms with van der Waals surface area (Å²) in [6.07, 6.45) is 3.34. The number of amides is 2. The number of anilines is 2. The number of carbonyl (C=O) groups is 2. The lowest BCUT2D eigenvalue weighted by Gasteiger charge is -2.07. The normalized spacial score (nSPS) is 11.1. The van der Waals surface area contributed by atoms with Crippen LogP contribution in [0.25, 0.3) is 17.0 Å². The van der Waals surface area contributed by atoms with E-state index in [0.717, 1.165) is 22.2 Å². The van der Waals surface area contributed by atoms with Gasteiger partial charge in [-0.3, -0.25) is 9.59 Å². The van der Waals surface area contributed by atoms with Crippen LogP contribution in [0.15, 0.2) is 90.6 Å². The van der Waals surface area contributed by atoms with E-state index in [1.54, 1.807) is 24.4 Å². The predicted octanol–water partition coefficient (Wildman–Crippen LogP) is 5.13. The highest BCUT2D eigenvalue weighted by atomic mass is 16.2. The van der Waals surface area contributed by atoms with Gasteiger partial charge in [-0.25, -0.2) is 0 Å². The Morgan fingerprint density at radius 2 is 1.58 bits per heavy atom. The molecule has 0 aliphatic rings. The summed E-state index contributed by atoms with van der Waals surface area (Å²) in [6.45, 7) is 2.06. The lowest BCUT2D eigenvalue weighted by molar-refractivity contribution is -0.116. The Morgan fingerprint density at radius 1 is 0.909 bits per heavy atom. The Hall–Kier alpha value is -4.63. The first kappa shape index (κ1) is 21.6. The molecule has 2 N–H and O–H groups in total. The van der Waals surface area contributed by atoms with E-state index in [2.05, 4.69) is 10.6 Å². The fourth-order valence-corrected chi connectivity index (χ4v) is 3.54. The van der Waals surface area contributed by atoms with E-state index < -0.39 is 5.91 Å². The number of aromatic nitrogens is 1. The molecule has 0 spiro atoms. The third-order valence-electron chi connectivity index (χ3n) is 5.17. The molecule has 6 nitrogen and oxygen atoms in total. The van der Waals surface area contributed by atoms with Gasteiger partial charge in [0.1, 0.15) is 18.2 Å². The molecule has 0 saturated carbocycles. The molecule has 3 aromatic carbocycles. The molecule has 4 aromatic rings. The number of fused-ring (bicyclic) bond motifs is 1. The molecule has 0 saturated heterocycles. The number of hydrogen-bond donors (Lipinski definition) is 2. The SMILES string of the molecule is Cc1ccc(NC(=O)/C(C#N)=C/c2cn(CC(=O)Nc3ccccc3)c3ccccc23)cc1. The minimum absolute atomic E-state index is 0.0211. The quantitative estimate of drug-likeness (QED) is 0.326. The molecule has 0 aliphatic heterocycles. The van der Waals surface area contributed by atoms with Crippen LogP contribution in [0.3, 0.4) is 0 Å². The Balaban J connectivity index is 1.60. The Kier molecular flexibility index (Phi) is 6.33. The maximum atomic E-state index is 12.7. The van der Waals surface area contributed by atoms with Gasteiger partial charge in [0.2, 0.25) is 5.91 Å². The Morgan fingerprint density at radius 3 is 2.30 bits per heavy atom. The molecule has 162 valence electrons. The predicted molar refractivity (Wildman–Crippen MR) is 130 cm³/mol. The average molecular weight is 434 g/mol. The van der Waals surface area contributed by atoms with Crippen LogP contribution in [-0.4, -0.2) is 16.4 Å². The van der Waals surface area contributed by atoms with E-state index in [1.165, 1.54) is 0 Å². The molecular weight excluding hydrogens is 412 g/mol. The second-order valence-corrected chi connectivity index (χ2v) is 7.63. The van der Waals surface area contributed by atoms with Gasteiger partial charge in [0.15, 0.2) is 0 Å². The Labute approximate surface area is 191 Å². The molecule has 0 radical (unpaired) electrons. The molecule has 0 bridgehead atoms. The fourth-order valence-electron chi connectivity index (χ4n) is 3.54. The van der Waals surface area contributed by atoms with Crippen LogP contribution in [0.4, 0.5) is 11.4 Å². The van der Waals surface area contributed by atoms with Crippen molar-refractivity contribution < 1.29 is 9.59 Å². The van der Waals surface area contributed by atoms with Crippen molar-refractivity contribution in [3.05, 3.63) is 102 Å². The number of para-hydroxylation sites is 2. The van der Waals surface area contributed by atoms with Crippen LogP contribution in [0.2, 0.25) is 0 Å². The molecule has 0 aliphatic carbocycles. The van der Waals surface area contributed by atoms with Crippen LogP contribution in [0.1, 0.15) is 11.1 Å². The van der Waals surface area contributed by atoms with Gasteiger partial charge in [0.05, 0.1) is 0 Å². The molecule has 0 atom stereocenters. The number of aryl methyl sites for hydroxylation is 1. The lowest BCUT2D eigenvalue weighted by Crippen LogP contribution is -2.18. The summed E-state index contributed by atoms with van der Waals surface area (Å²) in [7, 11) is 0. The van der Waals surface area contributed by atoms with Gasteiger partial charge in [-0.15, -0.1) is 0 Å². The van der Waals surface area contributed by atoms with E-state index >= 15 is 0 Å². The summed E-state index contributed by atoms with van der Waals surface area (Å²) in [4.78, 5) is 25.3. The molecule has 4 rings (SSSR count). The third kappa shape index (κ3) is 5.17. The summed E-state index contributed by atoms with van der Waals surface area (Å²) in [5.41, 5.74) is 3.92. The smallest absolute Gasteiger partial charge is 0.266 e. The van der Waals surface area contributed by atoms with Crippen molar-refractivity contribution >= 4 is 40.2 Å². The van der Waals surface area contributed by atoms with Gasteiger partial charge in [-0.2, -0.15) is 5.26 Å². The summed E-state index contributed by atoms with van der Waals surface area (Å²) >= 11 is 0. The van der Waals surface area contributed by atoms with Crippen molar-refractivity contribution in [2.45, 2.75) is 13.5 Å². The standard InChI is InChI=1S/C27H22N4O2/c1-19-11-13-23(14-12-19)30-27(33)20(16-28)15-21-17-31(25-10-6-5-9-24(21)25)18-26(32)29-22-7-3-2-4-8-22/h2-15,17H,18H2,1H3,(H,29,32)(H,30,33)/b20-15+. The number of nitrogens with one attached hydrogen (secondary N) is 2. The van der Waals surface area contributed by atoms with Gasteiger partial charge in [-0.05, 0) is 43.3 Å². The minimum Gasteiger partial charge on any atom is -0.337 e. The van der Waals surface area contributed by atoms with Gasteiger partial charge < -0.3 is 15.2 Å². The largest absolute Gasteiger partial charge is 0.337 e. The number of hydrogen-bond acceptors (Lipinski definition) is 3. The minimum atomic E-state index is -0.486. The first-order valence-corrected chi connectivity index (χ1v) is 10.5. The van der Waals surface area contributed by atoms with E-state index in [0.29, 0.717) is 11.3 Å². The number of carbonyl (C=O) groups excluding carboxylic acids is 2. The Bertz CT molecular complexity index is 1380. The first-order chi connectivity index (χ1) is 16.0. The zero-order valence-corrected chi connectivity index (χ0v) is 18.1. The topological polar surface area (TPSA) is 86.9 Å². The summed E-state index contributed by atoms with van der Waals surface area (Å²) in [5.74, 6) is -0.657. The van der Waals surface area contributed by atoms with E-state index in [9.17, 15) is 14.9 Å². The summed E-state index contributed by atoms with van der Waals surface area (Å²) in [5, 5.41) is 16.1. The second kappa shape index (κ2) is 9.67. The van der Waals surface area contributed by atoms with Crippen molar-refractivity contribution in [2.75, 3.05) is 10.6 Å². The van der Waals surface area contributed by atoms with Crippen molar-refractivity contribution in [1.82, 2.24) is 4.57 Å². The van der Waals surface area contributed by atoms with Crippen molar-refractivity contribution in [3.63, 3.8) is 0 Å². The summed E-state index contributed by atoms with van der Waals surface area (Å²) < 4.78 is 1.81. The molecule has 33 heavy (non-hydrogen) atoms. The first-order valence-electron chi connectivity index (χ1n) is 10.5. The highest BCUT2D eigenvalue weighted by molar-refractivity contribution is 6.10. The molecule has 0 unspecified atom stereocenters. The van der Waals surface area contributed by atoms with Crippen molar-refractivity contribution in [3.8, 4) is 6.07 Å². The van der Waals surface area contributed by atoms with Gasteiger partial charge >= 0.3 is 0 Å². The molecule has 0 fully saturated rings.